The fourth-order valence-electron chi connectivity index (χ4n) is 4.33. The Morgan fingerprint density at radius 2 is 1.90 bits per heavy atom. The second kappa shape index (κ2) is 14.3. The first-order chi connectivity index (χ1) is 19.2. The number of sulfonamides is 1. The summed E-state index contributed by atoms with van der Waals surface area (Å²) in [6.07, 6.45) is -2.24. The van der Waals surface area contributed by atoms with Crippen LogP contribution in [-0.2, 0) is 41.4 Å². The van der Waals surface area contributed by atoms with Crippen LogP contribution in [-0.4, -0.2) is 67.2 Å². The highest BCUT2D eigenvalue weighted by Crippen LogP contribution is 2.38. The van der Waals surface area contributed by atoms with Crippen LogP contribution in [0.3, 0.4) is 0 Å². The summed E-state index contributed by atoms with van der Waals surface area (Å²) in [6.45, 7) is 3.60. The summed E-state index contributed by atoms with van der Waals surface area (Å²) in [6, 6.07) is 10.9. The highest BCUT2D eigenvalue weighted by Gasteiger charge is 2.34. The second-order valence-corrected chi connectivity index (χ2v) is 12.9. The van der Waals surface area contributed by atoms with E-state index in [4.69, 9.17) is 14.0 Å². The minimum Gasteiger partial charge on any atom is -0.444 e. The number of phosphoric acid groups is 1. The number of amides is 1. The number of nitro benzene ring substituents is 1. The molecule has 0 radical (unpaired) electrons. The van der Waals surface area contributed by atoms with Crippen LogP contribution >= 0.6 is 7.82 Å². The van der Waals surface area contributed by atoms with Crippen molar-refractivity contribution >= 4 is 29.6 Å². The summed E-state index contributed by atoms with van der Waals surface area (Å²) in [5, 5.41) is 13.8. The van der Waals surface area contributed by atoms with Crippen molar-refractivity contribution in [1.29, 1.82) is 0 Å². The molecule has 0 saturated carbocycles. The van der Waals surface area contributed by atoms with Crippen LogP contribution in [0.5, 0.6) is 0 Å². The number of ether oxygens (including phenoxy) is 2. The molecule has 41 heavy (non-hydrogen) atoms. The molecular formula is C25H34N3O11PS. The number of benzene rings is 2. The van der Waals surface area contributed by atoms with Gasteiger partial charge in [0.25, 0.3) is 5.69 Å². The van der Waals surface area contributed by atoms with Crippen LogP contribution in [0, 0.1) is 16.0 Å². The Kier molecular flexibility index (Phi) is 11.4. The number of phosphoric ester groups is 1. The molecule has 1 aliphatic rings. The Morgan fingerprint density at radius 1 is 1.20 bits per heavy atom. The Balaban J connectivity index is 1.89. The zero-order valence-corrected chi connectivity index (χ0v) is 24.3. The molecule has 3 rings (SSSR count). The van der Waals surface area contributed by atoms with Crippen LogP contribution in [0.15, 0.2) is 53.4 Å². The first kappa shape index (κ1) is 32.6. The van der Waals surface area contributed by atoms with Gasteiger partial charge in [0.1, 0.15) is 12.2 Å². The number of hydrogen-bond donors (Lipinski definition) is 4. The van der Waals surface area contributed by atoms with Crippen molar-refractivity contribution in [2.45, 2.75) is 56.3 Å². The summed E-state index contributed by atoms with van der Waals surface area (Å²) in [7, 11) is -9.52. The van der Waals surface area contributed by atoms with Crippen molar-refractivity contribution in [2.24, 2.45) is 5.92 Å². The maximum atomic E-state index is 13.4. The third-order valence-corrected chi connectivity index (χ3v) is 8.20. The first-order valence-corrected chi connectivity index (χ1v) is 15.8. The normalized spacial score (nSPS) is 17.2. The maximum absolute atomic E-state index is 13.4. The van der Waals surface area contributed by atoms with Gasteiger partial charge >= 0.3 is 13.9 Å². The number of nitrogens with one attached hydrogen (secondary N) is 2. The Hall–Kier alpha value is -2.91. The predicted octanol–water partition coefficient (Wildman–Crippen LogP) is 2.68. The molecule has 1 aliphatic heterocycles. The number of nitrogens with zero attached hydrogens (tertiary/aromatic N) is 1. The molecule has 0 unspecified atom stereocenters. The number of non-ortho nitro benzene ring substituents is 1. The van der Waals surface area contributed by atoms with Gasteiger partial charge in [-0.3, -0.25) is 14.6 Å². The van der Waals surface area contributed by atoms with Crippen LogP contribution in [0.25, 0.3) is 0 Å². The number of alkyl carbamates (subject to hydrolysis) is 1. The molecule has 1 fully saturated rings. The minimum atomic E-state index is -5.17. The molecule has 14 nitrogen and oxygen atoms in total. The molecule has 1 amide bonds. The van der Waals surface area contributed by atoms with Gasteiger partial charge in [0.05, 0.1) is 29.1 Å². The number of carbonyl (C=O) groups excluding carboxylic acids is 1. The van der Waals surface area contributed by atoms with Gasteiger partial charge in [-0.1, -0.05) is 44.2 Å². The summed E-state index contributed by atoms with van der Waals surface area (Å²) in [5.41, 5.74) is 0.592. The molecule has 2 aromatic carbocycles. The molecule has 3 atom stereocenters. The van der Waals surface area contributed by atoms with E-state index in [0.717, 1.165) is 12.1 Å². The van der Waals surface area contributed by atoms with Gasteiger partial charge in [-0.2, -0.15) is 0 Å². The van der Waals surface area contributed by atoms with Crippen LogP contribution < -0.4 is 10.0 Å². The topological polar surface area (TPSA) is 204 Å². The lowest BCUT2D eigenvalue weighted by molar-refractivity contribution is -0.385. The van der Waals surface area contributed by atoms with Crippen LogP contribution in [0.1, 0.15) is 31.4 Å². The quantitative estimate of drug-likeness (QED) is 0.138. The van der Waals surface area contributed by atoms with Gasteiger partial charge < -0.3 is 24.6 Å². The first-order valence-electron chi connectivity index (χ1n) is 12.8. The third-order valence-electron chi connectivity index (χ3n) is 6.13. The van der Waals surface area contributed by atoms with Crippen molar-refractivity contribution in [3.8, 4) is 0 Å². The van der Waals surface area contributed by atoms with Crippen molar-refractivity contribution in [1.82, 2.24) is 10.0 Å². The molecule has 1 heterocycles. The number of nitro groups is 1. The third kappa shape index (κ3) is 10.5. The Morgan fingerprint density at radius 3 is 2.49 bits per heavy atom. The molecule has 0 aliphatic carbocycles. The van der Waals surface area contributed by atoms with Gasteiger partial charge in [0, 0.05) is 25.1 Å². The zero-order chi connectivity index (χ0) is 30.2. The van der Waals surface area contributed by atoms with Gasteiger partial charge in [-0.05, 0) is 36.0 Å². The van der Waals surface area contributed by atoms with Crippen molar-refractivity contribution in [3.63, 3.8) is 0 Å². The van der Waals surface area contributed by atoms with E-state index in [-0.39, 0.29) is 41.5 Å². The predicted molar refractivity (Wildman–Crippen MR) is 147 cm³/mol. The van der Waals surface area contributed by atoms with Gasteiger partial charge in [-0.25, -0.2) is 22.5 Å². The second-order valence-electron chi connectivity index (χ2n) is 9.96. The number of hydrogen-bond acceptors (Lipinski definition) is 9. The lowest BCUT2D eigenvalue weighted by Gasteiger charge is -2.29. The molecule has 1 saturated heterocycles. The molecule has 2 aromatic rings. The highest BCUT2D eigenvalue weighted by atomic mass is 32.2. The minimum absolute atomic E-state index is 0.0135. The summed E-state index contributed by atoms with van der Waals surface area (Å²) >= 11 is 0. The monoisotopic (exact) mass is 615 g/mol. The van der Waals surface area contributed by atoms with Crippen molar-refractivity contribution in [3.05, 3.63) is 69.8 Å². The van der Waals surface area contributed by atoms with Crippen molar-refractivity contribution < 1.29 is 46.5 Å². The van der Waals surface area contributed by atoms with Crippen molar-refractivity contribution in [2.75, 3.05) is 19.8 Å². The Bertz CT molecular complexity index is 1350. The van der Waals surface area contributed by atoms with Crippen LogP contribution in [0.4, 0.5) is 10.5 Å². The van der Waals surface area contributed by atoms with E-state index in [9.17, 15) is 37.7 Å². The van der Waals surface area contributed by atoms with E-state index in [1.165, 1.54) is 6.07 Å². The standard InChI is InChI=1S/C25H34N3O11PS/c1-17(2)12-19-14-20(28(30)31)8-9-24(19)41(35,36)26-15-23(39-40(32,33)34)22(13-18-6-4-3-5-7-18)27-25(29)38-21-10-11-37-16-21/h3-9,14,17,21-23,26H,10-13,15-16H2,1-2H3,(H,27,29)(H2,32,33,34)/t21-,22-,23+/m0/s1. The average molecular weight is 616 g/mol. The van der Waals surface area contributed by atoms with E-state index < -0.39 is 53.7 Å². The number of carbonyl (C=O) groups is 1. The average Bonchev–Trinajstić information content (AvgIpc) is 3.38. The SMILES string of the molecule is CC(C)Cc1cc([N+](=O)[O-])ccc1S(=O)(=O)NC[C@@H](OP(=O)(O)O)[C@H](Cc1ccccc1)NC(=O)O[C@H]1CCOC1. The lowest BCUT2D eigenvalue weighted by atomic mass is 10.0. The van der Waals surface area contributed by atoms with Crippen LogP contribution in [0.2, 0.25) is 0 Å². The summed E-state index contributed by atoms with van der Waals surface area (Å²) < 4.78 is 56.4. The fourth-order valence-corrected chi connectivity index (χ4v) is 6.17. The van der Waals surface area contributed by atoms with Gasteiger partial charge in [-0.15, -0.1) is 0 Å². The number of rotatable bonds is 14. The van der Waals surface area contributed by atoms with E-state index >= 15 is 0 Å². The van der Waals surface area contributed by atoms with Gasteiger partial charge in [0.2, 0.25) is 10.0 Å². The van der Waals surface area contributed by atoms with E-state index in [1.807, 2.05) is 13.8 Å². The molecule has 16 heteroatoms. The largest absolute Gasteiger partial charge is 0.469 e. The molecular weight excluding hydrogens is 581 g/mol. The van der Waals surface area contributed by atoms with E-state index in [2.05, 4.69) is 10.0 Å². The molecule has 0 spiro atoms. The molecule has 4 N–H and O–H groups in total. The Labute approximate surface area is 237 Å². The van der Waals surface area contributed by atoms with E-state index in [1.54, 1.807) is 30.3 Å². The fraction of sp³-hybridized carbons (Fsp3) is 0.480. The molecule has 0 bridgehead atoms. The molecule has 226 valence electrons. The smallest absolute Gasteiger partial charge is 0.444 e. The maximum Gasteiger partial charge on any atom is 0.469 e. The zero-order valence-electron chi connectivity index (χ0n) is 22.5. The van der Waals surface area contributed by atoms with E-state index in [0.29, 0.717) is 18.6 Å². The summed E-state index contributed by atoms with van der Waals surface area (Å²) in [5.74, 6) is -0.0348. The molecule has 0 aromatic heterocycles. The summed E-state index contributed by atoms with van der Waals surface area (Å²) in [4.78, 5) is 42.4. The van der Waals surface area contributed by atoms with Gasteiger partial charge in [0.15, 0.2) is 0 Å². The lowest BCUT2D eigenvalue weighted by Crippen LogP contribution is -2.51. The highest BCUT2D eigenvalue weighted by molar-refractivity contribution is 7.89.